The molecule has 2 aromatic carbocycles. The highest BCUT2D eigenvalue weighted by atomic mass is 32.2. The molecule has 0 amide bonds. The minimum Gasteiger partial charge on any atom is -0.312 e. The van der Waals surface area contributed by atoms with E-state index in [0.717, 1.165) is 24.3 Å². The molecular weight excluding hydrogens is 320 g/mol. The van der Waals surface area contributed by atoms with Gasteiger partial charge in [0.25, 0.3) is 0 Å². The minimum atomic E-state index is -3.11. The molecule has 2 aromatic rings. The van der Waals surface area contributed by atoms with Crippen LogP contribution in [0.3, 0.4) is 0 Å². The summed E-state index contributed by atoms with van der Waals surface area (Å²) in [5, 5.41) is 3.47. The van der Waals surface area contributed by atoms with E-state index in [2.05, 4.69) is 36.5 Å². The van der Waals surface area contributed by atoms with Crippen LogP contribution in [0.1, 0.15) is 30.4 Å². The zero-order valence-electron chi connectivity index (χ0n) is 14.0. The standard InChI is InChI=1S/C19H24N2O2S/c1-16(18-8-3-2-4-9-18)14-20-15-17-7-5-10-19(13-17)21-11-6-12-24(21,22)23/h2-5,7-10,13,16,20H,6,11-12,14-15H2,1H3/t16-/m1/s1. The zero-order valence-corrected chi connectivity index (χ0v) is 14.8. The Morgan fingerprint density at radius 2 is 1.92 bits per heavy atom. The van der Waals surface area contributed by atoms with Gasteiger partial charge in [-0.25, -0.2) is 8.42 Å². The number of hydrogen-bond acceptors (Lipinski definition) is 3. The molecule has 1 saturated heterocycles. The molecule has 1 N–H and O–H groups in total. The van der Waals surface area contributed by atoms with Crippen LogP contribution < -0.4 is 9.62 Å². The van der Waals surface area contributed by atoms with Gasteiger partial charge in [0, 0.05) is 19.6 Å². The molecule has 1 heterocycles. The van der Waals surface area contributed by atoms with Crippen molar-refractivity contribution in [1.29, 1.82) is 0 Å². The third-order valence-corrected chi connectivity index (χ3v) is 6.32. The van der Waals surface area contributed by atoms with Crippen LogP contribution in [0.15, 0.2) is 54.6 Å². The predicted molar refractivity (Wildman–Crippen MR) is 98.8 cm³/mol. The van der Waals surface area contributed by atoms with E-state index in [-0.39, 0.29) is 5.75 Å². The lowest BCUT2D eigenvalue weighted by molar-refractivity contribution is 0.599. The summed E-state index contributed by atoms with van der Waals surface area (Å²) in [6.45, 7) is 4.41. The minimum absolute atomic E-state index is 0.254. The van der Waals surface area contributed by atoms with E-state index in [0.29, 0.717) is 18.9 Å². The number of anilines is 1. The molecule has 1 aliphatic heterocycles. The van der Waals surface area contributed by atoms with Gasteiger partial charge in [0.15, 0.2) is 0 Å². The second-order valence-electron chi connectivity index (χ2n) is 6.35. The summed E-state index contributed by atoms with van der Waals surface area (Å²) in [5.74, 6) is 0.692. The van der Waals surface area contributed by atoms with Crippen LogP contribution >= 0.6 is 0 Å². The highest BCUT2D eigenvalue weighted by molar-refractivity contribution is 7.93. The summed E-state index contributed by atoms with van der Waals surface area (Å²) in [6, 6.07) is 18.3. The first-order chi connectivity index (χ1) is 11.6. The van der Waals surface area contributed by atoms with Crippen LogP contribution in [0, 0.1) is 0 Å². The summed E-state index contributed by atoms with van der Waals surface area (Å²) >= 11 is 0. The van der Waals surface area contributed by atoms with Gasteiger partial charge in [-0.2, -0.15) is 0 Å². The molecule has 5 heteroatoms. The molecule has 0 unspecified atom stereocenters. The van der Waals surface area contributed by atoms with Crippen molar-refractivity contribution in [2.24, 2.45) is 0 Å². The van der Waals surface area contributed by atoms with Crippen molar-refractivity contribution in [2.75, 3.05) is 23.1 Å². The third kappa shape index (κ3) is 3.97. The maximum absolute atomic E-state index is 12.0. The molecular formula is C19H24N2O2S. The van der Waals surface area contributed by atoms with E-state index in [4.69, 9.17) is 0 Å². The number of sulfonamides is 1. The van der Waals surface area contributed by atoms with Gasteiger partial charge < -0.3 is 5.32 Å². The van der Waals surface area contributed by atoms with Gasteiger partial charge in [-0.05, 0) is 35.6 Å². The van der Waals surface area contributed by atoms with Crippen LogP contribution in [-0.4, -0.2) is 27.3 Å². The summed E-state index contributed by atoms with van der Waals surface area (Å²) in [6.07, 6.45) is 0.708. The molecule has 1 atom stereocenters. The number of benzene rings is 2. The number of rotatable bonds is 6. The van der Waals surface area contributed by atoms with Crippen molar-refractivity contribution in [3.05, 3.63) is 65.7 Å². The van der Waals surface area contributed by atoms with Gasteiger partial charge in [-0.1, -0.05) is 49.4 Å². The lowest BCUT2D eigenvalue weighted by atomic mass is 10.0. The molecule has 1 fully saturated rings. The Morgan fingerprint density at radius 3 is 2.62 bits per heavy atom. The predicted octanol–water partition coefficient (Wildman–Crippen LogP) is 3.12. The molecule has 0 bridgehead atoms. The fourth-order valence-electron chi connectivity index (χ4n) is 3.08. The van der Waals surface area contributed by atoms with Gasteiger partial charge in [0.1, 0.15) is 0 Å². The molecule has 0 saturated carbocycles. The highest BCUT2D eigenvalue weighted by Crippen LogP contribution is 2.24. The summed E-state index contributed by atoms with van der Waals surface area (Å²) in [4.78, 5) is 0. The van der Waals surface area contributed by atoms with Crippen molar-refractivity contribution >= 4 is 15.7 Å². The molecule has 0 spiro atoms. The fraction of sp³-hybridized carbons (Fsp3) is 0.368. The second kappa shape index (κ2) is 7.36. The Balaban J connectivity index is 1.59. The van der Waals surface area contributed by atoms with E-state index in [9.17, 15) is 8.42 Å². The second-order valence-corrected chi connectivity index (χ2v) is 8.37. The number of nitrogens with one attached hydrogen (secondary N) is 1. The van der Waals surface area contributed by atoms with Crippen molar-refractivity contribution in [3.8, 4) is 0 Å². The molecule has 24 heavy (non-hydrogen) atoms. The SMILES string of the molecule is C[C@H](CNCc1cccc(N2CCCS2(=O)=O)c1)c1ccccc1. The van der Waals surface area contributed by atoms with Gasteiger partial charge >= 0.3 is 0 Å². The first-order valence-corrected chi connectivity index (χ1v) is 10.0. The third-order valence-electron chi connectivity index (χ3n) is 4.45. The van der Waals surface area contributed by atoms with Gasteiger partial charge in [-0.3, -0.25) is 4.31 Å². The number of nitrogens with zero attached hydrogens (tertiary/aromatic N) is 1. The smallest absolute Gasteiger partial charge is 0.235 e. The zero-order chi connectivity index (χ0) is 17.0. The van der Waals surface area contributed by atoms with E-state index >= 15 is 0 Å². The lowest BCUT2D eigenvalue weighted by Crippen LogP contribution is -2.25. The molecule has 0 aliphatic carbocycles. The van der Waals surface area contributed by atoms with Crippen LogP contribution in [0.4, 0.5) is 5.69 Å². The maximum atomic E-state index is 12.0. The molecule has 4 nitrogen and oxygen atoms in total. The van der Waals surface area contributed by atoms with Gasteiger partial charge in [0.2, 0.25) is 10.0 Å². The Labute approximate surface area is 144 Å². The van der Waals surface area contributed by atoms with Gasteiger partial charge in [-0.15, -0.1) is 0 Å². The normalized spacial score (nSPS) is 17.8. The van der Waals surface area contributed by atoms with E-state index in [1.54, 1.807) is 0 Å². The van der Waals surface area contributed by atoms with Crippen LogP contribution in [0.25, 0.3) is 0 Å². The largest absolute Gasteiger partial charge is 0.312 e. The molecule has 3 rings (SSSR count). The molecule has 1 aliphatic rings. The molecule has 0 radical (unpaired) electrons. The van der Waals surface area contributed by atoms with Crippen molar-refractivity contribution in [2.45, 2.75) is 25.8 Å². The average molecular weight is 344 g/mol. The first-order valence-electron chi connectivity index (χ1n) is 8.41. The Hall–Kier alpha value is -1.85. The van der Waals surface area contributed by atoms with E-state index in [1.807, 2.05) is 30.3 Å². The average Bonchev–Trinajstić information content (AvgIpc) is 2.95. The van der Waals surface area contributed by atoms with E-state index < -0.39 is 10.0 Å². The summed E-state index contributed by atoms with van der Waals surface area (Å²) in [7, 11) is -3.11. The summed E-state index contributed by atoms with van der Waals surface area (Å²) < 4.78 is 25.6. The van der Waals surface area contributed by atoms with Crippen molar-refractivity contribution in [1.82, 2.24) is 5.32 Å². The topological polar surface area (TPSA) is 49.4 Å². The Bertz CT molecular complexity index is 775. The number of hydrogen-bond donors (Lipinski definition) is 1. The first kappa shape index (κ1) is 17.0. The molecule has 128 valence electrons. The van der Waals surface area contributed by atoms with Crippen LogP contribution in [-0.2, 0) is 16.6 Å². The fourth-order valence-corrected chi connectivity index (χ4v) is 4.64. The van der Waals surface area contributed by atoms with Crippen LogP contribution in [0.2, 0.25) is 0 Å². The summed E-state index contributed by atoms with van der Waals surface area (Å²) in [5.41, 5.74) is 3.21. The van der Waals surface area contributed by atoms with Crippen molar-refractivity contribution < 1.29 is 8.42 Å². The lowest BCUT2D eigenvalue weighted by Gasteiger charge is -2.18. The van der Waals surface area contributed by atoms with Crippen LogP contribution in [0.5, 0.6) is 0 Å². The maximum Gasteiger partial charge on any atom is 0.235 e. The van der Waals surface area contributed by atoms with E-state index in [1.165, 1.54) is 9.87 Å². The quantitative estimate of drug-likeness (QED) is 0.876. The van der Waals surface area contributed by atoms with Crippen molar-refractivity contribution in [3.63, 3.8) is 0 Å². The Kier molecular flexibility index (Phi) is 5.21. The highest BCUT2D eigenvalue weighted by Gasteiger charge is 2.28. The molecule has 0 aromatic heterocycles. The van der Waals surface area contributed by atoms with Gasteiger partial charge in [0.05, 0.1) is 11.4 Å². The monoisotopic (exact) mass is 344 g/mol. The Morgan fingerprint density at radius 1 is 1.12 bits per heavy atom.